The summed E-state index contributed by atoms with van der Waals surface area (Å²) in [6, 6.07) is 8.98. The van der Waals surface area contributed by atoms with Gasteiger partial charge in [-0.25, -0.2) is 9.67 Å². The summed E-state index contributed by atoms with van der Waals surface area (Å²) in [7, 11) is 2.01. The van der Waals surface area contributed by atoms with Crippen molar-refractivity contribution in [3.8, 4) is 0 Å². The van der Waals surface area contributed by atoms with E-state index in [4.69, 9.17) is 17.3 Å². The quantitative estimate of drug-likeness (QED) is 0.444. The van der Waals surface area contributed by atoms with Crippen molar-refractivity contribution in [1.29, 1.82) is 0 Å². The Morgan fingerprint density at radius 1 is 1.36 bits per heavy atom. The number of hydrogen-bond acceptors (Lipinski definition) is 6. The molecule has 2 heterocycles. The van der Waals surface area contributed by atoms with Gasteiger partial charge in [0.15, 0.2) is 9.11 Å². The SMILES string of the molecule is CCN(Cn1nc(CSc2nc3ccccc3s2)n(C)c1=S)C1CC1. The first-order chi connectivity index (χ1) is 12.2. The number of para-hydroxylation sites is 1. The fourth-order valence-corrected chi connectivity index (χ4v) is 5.12. The monoisotopic (exact) mass is 391 g/mol. The third-order valence-corrected chi connectivity index (χ3v) is 7.18. The fraction of sp³-hybridized carbons (Fsp3) is 0.471. The summed E-state index contributed by atoms with van der Waals surface area (Å²) in [6.07, 6.45) is 2.60. The molecule has 0 bridgehead atoms. The Hall–Kier alpha value is -1.22. The molecule has 2 aromatic heterocycles. The maximum atomic E-state index is 5.59. The van der Waals surface area contributed by atoms with Crippen LogP contribution in [0.2, 0.25) is 0 Å². The molecule has 1 saturated carbocycles. The van der Waals surface area contributed by atoms with E-state index < -0.39 is 0 Å². The van der Waals surface area contributed by atoms with Crippen molar-refractivity contribution in [2.75, 3.05) is 6.54 Å². The highest BCUT2D eigenvalue weighted by Crippen LogP contribution is 2.31. The van der Waals surface area contributed by atoms with Crippen LogP contribution in [0.25, 0.3) is 10.2 Å². The summed E-state index contributed by atoms with van der Waals surface area (Å²) < 4.78 is 7.09. The molecular formula is C17H21N5S3. The van der Waals surface area contributed by atoms with E-state index >= 15 is 0 Å². The van der Waals surface area contributed by atoms with Gasteiger partial charge >= 0.3 is 0 Å². The molecule has 0 aliphatic heterocycles. The van der Waals surface area contributed by atoms with Gasteiger partial charge in [-0.05, 0) is 43.7 Å². The Bertz CT molecular complexity index is 904. The average Bonchev–Trinajstić information content (AvgIpc) is 3.32. The summed E-state index contributed by atoms with van der Waals surface area (Å²) in [5, 5.41) is 4.77. The van der Waals surface area contributed by atoms with E-state index in [1.165, 1.54) is 17.5 Å². The zero-order chi connectivity index (χ0) is 17.4. The second-order valence-corrected chi connectivity index (χ2v) is 8.89. The van der Waals surface area contributed by atoms with Crippen LogP contribution in [0.5, 0.6) is 0 Å². The van der Waals surface area contributed by atoms with Crippen molar-refractivity contribution in [3.05, 3.63) is 34.9 Å². The highest BCUT2D eigenvalue weighted by molar-refractivity contribution is 8.00. The molecule has 5 nitrogen and oxygen atoms in total. The standard InChI is InChI=1S/C17H21N5S3/c1-3-21(12-8-9-12)11-22-17(23)20(2)15(19-22)10-24-16-18-13-6-4-5-7-14(13)25-16/h4-7,12H,3,8-11H2,1-2H3. The van der Waals surface area contributed by atoms with Crippen LogP contribution in [0, 0.1) is 4.77 Å². The van der Waals surface area contributed by atoms with Gasteiger partial charge < -0.3 is 4.57 Å². The number of aromatic nitrogens is 4. The van der Waals surface area contributed by atoms with E-state index in [0.717, 1.165) is 45.5 Å². The van der Waals surface area contributed by atoms with Gasteiger partial charge in [0.1, 0.15) is 5.82 Å². The predicted octanol–water partition coefficient (Wildman–Crippen LogP) is 4.29. The Morgan fingerprint density at radius 2 is 2.16 bits per heavy atom. The second-order valence-electron chi connectivity index (χ2n) is 6.27. The molecule has 4 rings (SSSR count). The van der Waals surface area contributed by atoms with Crippen LogP contribution in [0.15, 0.2) is 28.6 Å². The number of thiazole rings is 1. The van der Waals surface area contributed by atoms with Crippen molar-refractivity contribution in [1.82, 2.24) is 24.2 Å². The lowest BCUT2D eigenvalue weighted by molar-refractivity contribution is 0.205. The Morgan fingerprint density at radius 3 is 2.88 bits per heavy atom. The Labute approximate surface area is 160 Å². The highest BCUT2D eigenvalue weighted by Gasteiger charge is 2.28. The molecule has 1 fully saturated rings. The number of benzene rings is 1. The third-order valence-electron chi connectivity index (χ3n) is 4.52. The van der Waals surface area contributed by atoms with Crippen LogP contribution >= 0.6 is 35.3 Å². The molecule has 8 heteroatoms. The topological polar surface area (TPSA) is 38.9 Å². The van der Waals surface area contributed by atoms with Gasteiger partial charge in [-0.2, -0.15) is 5.10 Å². The van der Waals surface area contributed by atoms with Crippen LogP contribution in [0.3, 0.4) is 0 Å². The molecule has 1 aliphatic rings. The lowest BCUT2D eigenvalue weighted by atomic mass is 10.3. The van der Waals surface area contributed by atoms with Gasteiger partial charge in [0, 0.05) is 13.1 Å². The molecule has 0 spiro atoms. The molecule has 1 aromatic carbocycles. The second kappa shape index (κ2) is 7.19. The van der Waals surface area contributed by atoms with Crippen LogP contribution in [0.4, 0.5) is 0 Å². The number of thioether (sulfide) groups is 1. The molecule has 0 radical (unpaired) electrons. The summed E-state index contributed by atoms with van der Waals surface area (Å²) in [5.74, 6) is 1.78. The number of fused-ring (bicyclic) bond motifs is 1. The number of hydrogen-bond donors (Lipinski definition) is 0. The third kappa shape index (κ3) is 3.67. The van der Waals surface area contributed by atoms with Gasteiger partial charge in [0.25, 0.3) is 0 Å². The Kier molecular flexibility index (Phi) is 4.95. The molecule has 0 amide bonds. The molecule has 0 unspecified atom stereocenters. The normalized spacial score (nSPS) is 14.7. The van der Waals surface area contributed by atoms with Gasteiger partial charge in [-0.15, -0.1) is 11.3 Å². The lowest BCUT2D eigenvalue weighted by Crippen LogP contribution is -2.29. The lowest BCUT2D eigenvalue weighted by Gasteiger charge is -2.19. The van der Waals surface area contributed by atoms with Crippen molar-refractivity contribution < 1.29 is 0 Å². The minimum absolute atomic E-state index is 0.717. The van der Waals surface area contributed by atoms with Crippen LogP contribution in [-0.4, -0.2) is 36.8 Å². The van der Waals surface area contributed by atoms with E-state index in [1.54, 1.807) is 23.1 Å². The number of rotatable bonds is 7. The highest BCUT2D eigenvalue weighted by atomic mass is 32.2. The summed E-state index contributed by atoms with van der Waals surface area (Å²) in [5.41, 5.74) is 1.07. The molecule has 0 atom stereocenters. The first-order valence-electron chi connectivity index (χ1n) is 8.51. The van der Waals surface area contributed by atoms with Crippen molar-refractivity contribution >= 4 is 45.5 Å². The number of nitrogens with zero attached hydrogens (tertiary/aromatic N) is 5. The summed E-state index contributed by atoms with van der Waals surface area (Å²) >= 11 is 9.05. The van der Waals surface area contributed by atoms with Crippen LogP contribution in [-0.2, 0) is 19.5 Å². The maximum absolute atomic E-state index is 5.59. The summed E-state index contributed by atoms with van der Waals surface area (Å²) in [4.78, 5) is 7.13. The minimum atomic E-state index is 0.717. The predicted molar refractivity (Wildman–Crippen MR) is 107 cm³/mol. The zero-order valence-corrected chi connectivity index (χ0v) is 16.8. The Balaban J connectivity index is 1.48. The van der Waals surface area contributed by atoms with Gasteiger partial charge in [0.05, 0.1) is 22.6 Å². The smallest absolute Gasteiger partial charge is 0.198 e. The van der Waals surface area contributed by atoms with Crippen molar-refractivity contribution in [2.24, 2.45) is 7.05 Å². The van der Waals surface area contributed by atoms with Crippen molar-refractivity contribution in [2.45, 2.75) is 42.6 Å². The van der Waals surface area contributed by atoms with E-state index in [9.17, 15) is 0 Å². The van der Waals surface area contributed by atoms with Crippen molar-refractivity contribution in [3.63, 3.8) is 0 Å². The average molecular weight is 392 g/mol. The first-order valence-corrected chi connectivity index (χ1v) is 10.7. The molecule has 132 valence electrons. The largest absolute Gasteiger partial charge is 0.306 e. The molecule has 0 N–H and O–H groups in total. The molecular weight excluding hydrogens is 370 g/mol. The zero-order valence-electron chi connectivity index (χ0n) is 14.4. The van der Waals surface area contributed by atoms with Gasteiger partial charge in [-0.1, -0.05) is 30.8 Å². The van der Waals surface area contributed by atoms with E-state index in [1.807, 2.05) is 22.4 Å². The summed E-state index contributed by atoms with van der Waals surface area (Å²) in [6.45, 7) is 4.03. The van der Waals surface area contributed by atoms with E-state index in [0.29, 0.717) is 0 Å². The first kappa shape index (κ1) is 17.2. The van der Waals surface area contributed by atoms with Crippen LogP contribution in [0.1, 0.15) is 25.6 Å². The molecule has 1 aliphatic carbocycles. The molecule has 0 saturated heterocycles. The maximum Gasteiger partial charge on any atom is 0.198 e. The minimum Gasteiger partial charge on any atom is -0.306 e. The van der Waals surface area contributed by atoms with Gasteiger partial charge in [0.2, 0.25) is 0 Å². The van der Waals surface area contributed by atoms with Gasteiger partial charge in [-0.3, -0.25) is 4.90 Å². The van der Waals surface area contributed by atoms with E-state index in [2.05, 4.69) is 35.0 Å². The van der Waals surface area contributed by atoms with E-state index in [-0.39, 0.29) is 0 Å². The molecule has 3 aromatic rings. The molecule has 25 heavy (non-hydrogen) atoms. The van der Waals surface area contributed by atoms with Crippen LogP contribution < -0.4 is 0 Å². The fourth-order valence-electron chi connectivity index (χ4n) is 2.88.